The normalized spacial score (nSPS) is 19.5. The molecule has 1 saturated heterocycles. The number of aliphatic hydroxyl groups is 1. The highest BCUT2D eigenvalue weighted by Crippen LogP contribution is 2.46. The number of piperidine rings is 1. The molecule has 3 aromatic carbocycles. The molecule has 2 aliphatic heterocycles. The number of H-pyrrole nitrogens is 1. The summed E-state index contributed by atoms with van der Waals surface area (Å²) in [4.78, 5) is 36.5. The smallest absolute Gasteiger partial charge is 0.375 e. The van der Waals surface area contributed by atoms with Gasteiger partial charge in [-0.25, -0.2) is 9.18 Å². The number of aromatic amines is 1. The number of fused-ring (bicyclic) bond motifs is 2. The molecular formula is C30H29ClFN5O4. The standard InChI is InChI=1S/C30H29ClFN5O4/c1-36-15-12-18(13-16-36)11-14-33-29(39)41-28-34-23-10-9-19(17-24(23)35-28)30(40)21-6-3-2-5-20(21)27(38)37(30)25-8-4-7-22(31)26(25)32/h2-10,17-18,40H,11-16H2,1H3,(H,33,39)(H,34,35). The number of aromatic nitrogens is 2. The average molecular weight is 578 g/mol. The van der Waals surface area contributed by atoms with Crippen molar-refractivity contribution in [2.45, 2.75) is 25.0 Å². The molecule has 11 heteroatoms. The van der Waals surface area contributed by atoms with Gasteiger partial charge in [0.25, 0.3) is 5.91 Å². The van der Waals surface area contributed by atoms with E-state index in [9.17, 15) is 14.7 Å². The number of amides is 2. The monoisotopic (exact) mass is 577 g/mol. The van der Waals surface area contributed by atoms with Crippen LogP contribution in [0.3, 0.4) is 0 Å². The van der Waals surface area contributed by atoms with Gasteiger partial charge in [-0.1, -0.05) is 41.9 Å². The van der Waals surface area contributed by atoms with E-state index in [-0.39, 0.29) is 27.8 Å². The molecular weight excluding hydrogens is 549 g/mol. The Bertz CT molecular complexity index is 1640. The quantitative estimate of drug-likeness (QED) is 0.296. The summed E-state index contributed by atoms with van der Waals surface area (Å²) in [7, 11) is 2.11. The number of carbonyl (C=O) groups is 2. The van der Waals surface area contributed by atoms with E-state index in [0.29, 0.717) is 29.1 Å². The minimum Gasteiger partial charge on any atom is -0.375 e. The van der Waals surface area contributed by atoms with Crippen LogP contribution in [0.1, 0.15) is 40.7 Å². The topological polar surface area (TPSA) is 111 Å². The Kier molecular flexibility index (Phi) is 7.14. The Labute approximate surface area is 240 Å². The average Bonchev–Trinajstić information content (AvgIpc) is 3.47. The number of rotatable bonds is 6. The number of nitrogens with one attached hydrogen (secondary N) is 2. The van der Waals surface area contributed by atoms with Gasteiger partial charge in [-0.05, 0) is 75.6 Å². The van der Waals surface area contributed by atoms with E-state index in [1.54, 1.807) is 42.5 Å². The molecule has 2 aliphatic rings. The fraction of sp³-hybridized carbons (Fsp3) is 0.300. The molecule has 1 atom stereocenters. The summed E-state index contributed by atoms with van der Waals surface area (Å²) in [5.74, 6) is -0.821. The number of ether oxygens (including phenoxy) is 1. The van der Waals surface area contributed by atoms with Crippen LogP contribution >= 0.6 is 11.6 Å². The molecule has 3 heterocycles. The molecule has 4 aromatic rings. The number of carbonyl (C=O) groups excluding carboxylic acids is 2. The van der Waals surface area contributed by atoms with Crippen molar-refractivity contribution >= 4 is 40.3 Å². The summed E-state index contributed by atoms with van der Waals surface area (Å²) < 4.78 is 20.6. The Hall–Kier alpha value is -3.99. The van der Waals surface area contributed by atoms with E-state index < -0.39 is 23.5 Å². The second-order valence-corrected chi connectivity index (χ2v) is 11.0. The SMILES string of the molecule is CN1CCC(CCNC(=O)Oc2nc3ccc(C4(O)c5ccccc5C(=O)N4c4cccc(Cl)c4F)cc3[nH]2)CC1. The third-order valence-electron chi connectivity index (χ3n) is 7.94. The zero-order valence-corrected chi connectivity index (χ0v) is 23.1. The van der Waals surface area contributed by atoms with Gasteiger partial charge in [0.15, 0.2) is 11.5 Å². The van der Waals surface area contributed by atoms with Crippen molar-refractivity contribution in [1.29, 1.82) is 0 Å². The molecule has 2 amide bonds. The van der Waals surface area contributed by atoms with Gasteiger partial charge in [0.05, 0.1) is 21.7 Å². The summed E-state index contributed by atoms with van der Waals surface area (Å²) in [6, 6.07) is 15.7. The van der Waals surface area contributed by atoms with Crippen molar-refractivity contribution in [3.05, 3.63) is 88.2 Å². The van der Waals surface area contributed by atoms with Crippen LogP contribution in [0.2, 0.25) is 5.02 Å². The van der Waals surface area contributed by atoms with Crippen molar-refractivity contribution < 1.29 is 23.8 Å². The number of hydrogen-bond acceptors (Lipinski definition) is 6. The first-order valence-corrected chi connectivity index (χ1v) is 13.9. The van der Waals surface area contributed by atoms with Crippen LogP contribution in [-0.4, -0.2) is 58.7 Å². The lowest BCUT2D eigenvalue weighted by atomic mass is 9.93. The fourth-order valence-corrected chi connectivity index (χ4v) is 5.87. The fourth-order valence-electron chi connectivity index (χ4n) is 5.70. The zero-order valence-electron chi connectivity index (χ0n) is 22.4. The second-order valence-electron chi connectivity index (χ2n) is 10.6. The zero-order chi connectivity index (χ0) is 28.7. The molecule has 212 valence electrons. The van der Waals surface area contributed by atoms with Crippen LogP contribution in [0.25, 0.3) is 11.0 Å². The number of halogens is 2. The maximum atomic E-state index is 15.2. The Morgan fingerprint density at radius 2 is 1.98 bits per heavy atom. The summed E-state index contributed by atoms with van der Waals surface area (Å²) >= 11 is 6.03. The molecule has 1 fully saturated rings. The van der Waals surface area contributed by atoms with Crippen LogP contribution in [-0.2, 0) is 5.72 Å². The van der Waals surface area contributed by atoms with Crippen molar-refractivity contribution in [1.82, 2.24) is 20.2 Å². The molecule has 6 rings (SSSR count). The lowest BCUT2D eigenvalue weighted by Crippen LogP contribution is -2.45. The Morgan fingerprint density at radius 1 is 1.20 bits per heavy atom. The predicted molar refractivity (Wildman–Crippen MR) is 153 cm³/mol. The van der Waals surface area contributed by atoms with Gasteiger partial charge in [0.1, 0.15) is 0 Å². The van der Waals surface area contributed by atoms with Crippen LogP contribution in [0.5, 0.6) is 6.01 Å². The second kappa shape index (κ2) is 10.8. The maximum absolute atomic E-state index is 15.2. The molecule has 1 aromatic heterocycles. The Balaban J connectivity index is 1.25. The summed E-state index contributed by atoms with van der Waals surface area (Å²) in [6.07, 6.45) is 2.50. The molecule has 0 aliphatic carbocycles. The van der Waals surface area contributed by atoms with Crippen LogP contribution in [0.15, 0.2) is 60.7 Å². The van der Waals surface area contributed by atoms with Gasteiger partial charge in [0.2, 0.25) is 0 Å². The lowest BCUT2D eigenvalue weighted by Gasteiger charge is -2.35. The van der Waals surface area contributed by atoms with E-state index in [2.05, 4.69) is 27.2 Å². The summed E-state index contributed by atoms with van der Waals surface area (Å²) in [5.41, 5.74) is -0.473. The predicted octanol–water partition coefficient (Wildman–Crippen LogP) is 5.03. The molecule has 3 N–H and O–H groups in total. The van der Waals surface area contributed by atoms with Crippen molar-refractivity contribution in [2.75, 3.05) is 31.6 Å². The molecule has 0 radical (unpaired) electrons. The number of hydrogen-bond donors (Lipinski definition) is 3. The van der Waals surface area contributed by atoms with Crippen molar-refractivity contribution in [3.8, 4) is 6.01 Å². The first kappa shape index (κ1) is 27.2. The maximum Gasteiger partial charge on any atom is 0.415 e. The van der Waals surface area contributed by atoms with Crippen LogP contribution in [0, 0.1) is 11.7 Å². The lowest BCUT2D eigenvalue weighted by molar-refractivity contribution is 0.0699. The minimum absolute atomic E-state index is 0.0124. The largest absolute Gasteiger partial charge is 0.415 e. The minimum atomic E-state index is -2.05. The highest BCUT2D eigenvalue weighted by Gasteiger charge is 2.51. The molecule has 0 spiro atoms. The van der Waals surface area contributed by atoms with E-state index in [1.807, 2.05) is 0 Å². The van der Waals surface area contributed by atoms with Gasteiger partial charge < -0.3 is 25.0 Å². The van der Waals surface area contributed by atoms with Gasteiger partial charge in [-0.3, -0.25) is 9.69 Å². The van der Waals surface area contributed by atoms with Gasteiger partial charge in [-0.15, -0.1) is 0 Å². The van der Waals surface area contributed by atoms with E-state index in [0.717, 1.165) is 37.3 Å². The summed E-state index contributed by atoms with van der Waals surface area (Å²) in [5, 5.41) is 14.8. The van der Waals surface area contributed by atoms with E-state index >= 15 is 4.39 Å². The number of imidazole rings is 1. The van der Waals surface area contributed by atoms with Crippen LogP contribution in [0.4, 0.5) is 14.9 Å². The van der Waals surface area contributed by atoms with E-state index in [1.165, 1.54) is 18.2 Å². The first-order chi connectivity index (χ1) is 19.8. The van der Waals surface area contributed by atoms with Gasteiger partial charge in [0, 0.05) is 23.2 Å². The molecule has 41 heavy (non-hydrogen) atoms. The number of nitrogens with zero attached hydrogens (tertiary/aromatic N) is 3. The third kappa shape index (κ3) is 4.92. The highest BCUT2D eigenvalue weighted by molar-refractivity contribution is 6.31. The molecule has 1 unspecified atom stereocenters. The number of benzene rings is 3. The molecule has 0 saturated carbocycles. The van der Waals surface area contributed by atoms with Gasteiger partial charge >= 0.3 is 12.1 Å². The van der Waals surface area contributed by atoms with Crippen molar-refractivity contribution in [2.24, 2.45) is 5.92 Å². The van der Waals surface area contributed by atoms with Crippen LogP contribution < -0.4 is 15.0 Å². The summed E-state index contributed by atoms with van der Waals surface area (Å²) in [6.45, 7) is 2.64. The van der Waals surface area contributed by atoms with Crippen molar-refractivity contribution in [3.63, 3.8) is 0 Å². The van der Waals surface area contributed by atoms with Gasteiger partial charge in [-0.2, -0.15) is 4.98 Å². The third-order valence-corrected chi connectivity index (χ3v) is 8.24. The van der Waals surface area contributed by atoms with E-state index in [4.69, 9.17) is 16.3 Å². The number of anilines is 1. The molecule has 9 nitrogen and oxygen atoms in total. The Morgan fingerprint density at radius 3 is 2.78 bits per heavy atom. The molecule has 0 bridgehead atoms. The number of likely N-dealkylation sites (tertiary alicyclic amines) is 1. The first-order valence-electron chi connectivity index (χ1n) is 13.5. The highest BCUT2D eigenvalue weighted by atomic mass is 35.5.